The van der Waals surface area contributed by atoms with Gasteiger partial charge in [0.15, 0.2) is 0 Å². The van der Waals surface area contributed by atoms with Gasteiger partial charge in [0, 0.05) is 12.4 Å². The molecule has 3 aromatic rings. The van der Waals surface area contributed by atoms with E-state index < -0.39 is 10.0 Å². The fourth-order valence-corrected chi connectivity index (χ4v) is 3.13. The van der Waals surface area contributed by atoms with Crippen molar-refractivity contribution in [2.24, 2.45) is 0 Å². The second-order valence-electron chi connectivity index (χ2n) is 4.63. The van der Waals surface area contributed by atoms with E-state index in [1.165, 1.54) is 12.1 Å². The molecule has 1 aromatic carbocycles. The zero-order chi connectivity index (χ0) is 15.6. The highest BCUT2D eigenvalue weighted by Gasteiger charge is 2.14. The average molecular weight is 317 g/mol. The summed E-state index contributed by atoms with van der Waals surface area (Å²) >= 11 is 0. The minimum absolute atomic E-state index is 0.185. The highest BCUT2D eigenvalue weighted by atomic mass is 32.2. The summed E-state index contributed by atoms with van der Waals surface area (Å²) in [6, 6.07) is 11.5. The van der Waals surface area contributed by atoms with Gasteiger partial charge in [-0.1, -0.05) is 0 Å². The molecule has 0 aliphatic rings. The summed E-state index contributed by atoms with van der Waals surface area (Å²) in [7, 11) is -3.63. The average Bonchev–Trinajstić information content (AvgIpc) is 2.95. The summed E-state index contributed by atoms with van der Waals surface area (Å²) < 4.78 is 34.3. The van der Waals surface area contributed by atoms with Crippen LogP contribution < -0.4 is 9.46 Å². The van der Waals surface area contributed by atoms with E-state index in [9.17, 15) is 8.42 Å². The number of hydrogen-bond acceptors (Lipinski definition) is 4. The van der Waals surface area contributed by atoms with Gasteiger partial charge in [-0.05, 0) is 49.4 Å². The minimum Gasteiger partial charge on any atom is -0.494 e. The topological polar surface area (TPSA) is 72.7 Å². The van der Waals surface area contributed by atoms with Crippen molar-refractivity contribution in [2.75, 3.05) is 11.3 Å². The van der Waals surface area contributed by atoms with Crippen molar-refractivity contribution >= 4 is 21.2 Å². The molecule has 2 heterocycles. The number of ether oxygens (including phenoxy) is 1. The van der Waals surface area contributed by atoms with E-state index in [1.807, 2.05) is 6.92 Å². The molecule has 0 radical (unpaired) electrons. The van der Waals surface area contributed by atoms with Crippen LogP contribution in [-0.2, 0) is 10.0 Å². The Morgan fingerprint density at radius 2 is 1.95 bits per heavy atom. The second kappa shape index (κ2) is 5.69. The number of nitrogens with zero attached hydrogens (tertiary/aromatic N) is 2. The maximum absolute atomic E-state index is 12.4. The number of aromatic nitrogens is 2. The number of anilines is 1. The molecule has 2 aromatic heterocycles. The zero-order valence-corrected chi connectivity index (χ0v) is 12.7. The van der Waals surface area contributed by atoms with Crippen molar-refractivity contribution in [3.8, 4) is 5.75 Å². The van der Waals surface area contributed by atoms with Crippen LogP contribution >= 0.6 is 0 Å². The van der Waals surface area contributed by atoms with Gasteiger partial charge in [0.05, 0.1) is 22.7 Å². The van der Waals surface area contributed by atoms with E-state index in [2.05, 4.69) is 9.82 Å². The first-order valence-corrected chi connectivity index (χ1v) is 8.26. The fourth-order valence-electron chi connectivity index (χ4n) is 2.08. The number of rotatable bonds is 5. The number of fused-ring (bicyclic) bond motifs is 1. The normalized spacial score (nSPS) is 11.5. The lowest BCUT2D eigenvalue weighted by atomic mass is 10.3. The van der Waals surface area contributed by atoms with Crippen molar-refractivity contribution in [1.29, 1.82) is 0 Å². The van der Waals surface area contributed by atoms with E-state index in [1.54, 1.807) is 47.2 Å². The molecule has 0 atom stereocenters. The Balaban J connectivity index is 1.85. The van der Waals surface area contributed by atoms with Crippen LogP contribution in [0.5, 0.6) is 5.75 Å². The van der Waals surface area contributed by atoms with Gasteiger partial charge in [0.25, 0.3) is 10.0 Å². The van der Waals surface area contributed by atoms with Crippen LogP contribution in [0.1, 0.15) is 6.92 Å². The molecule has 1 N–H and O–H groups in total. The molecule has 0 saturated carbocycles. The Morgan fingerprint density at radius 1 is 1.18 bits per heavy atom. The van der Waals surface area contributed by atoms with Gasteiger partial charge in [-0.15, -0.1) is 0 Å². The zero-order valence-electron chi connectivity index (χ0n) is 11.9. The molecule has 0 aliphatic carbocycles. The lowest BCUT2D eigenvalue weighted by Gasteiger charge is -2.09. The maximum atomic E-state index is 12.4. The first-order chi connectivity index (χ1) is 10.6. The monoisotopic (exact) mass is 317 g/mol. The molecule has 0 spiro atoms. The Morgan fingerprint density at radius 3 is 2.68 bits per heavy atom. The van der Waals surface area contributed by atoms with Crippen molar-refractivity contribution in [3.63, 3.8) is 0 Å². The fraction of sp³-hybridized carbons (Fsp3) is 0.133. The van der Waals surface area contributed by atoms with E-state index in [0.29, 0.717) is 18.0 Å². The third-order valence-electron chi connectivity index (χ3n) is 3.10. The van der Waals surface area contributed by atoms with Crippen molar-refractivity contribution in [3.05, 3.63) is 54.9 Å². The SMILES string of the molecule is CCOc1ccc(S(=O)(=O)Nc2ccn3nccc3c2)cc1. The molecule has 0 amide bonds. The number of pyridine rings is 1. The Hall–Kier alpha value is -2.54. The molecule has 0 aliphatic heterocycles. The number of nitrogens with one attached hydrogen (secondary N) is 1. The summed E-state index contributed by atoms with van der Waals surface area (Å²) in [5.74, 6) is 0.641. The van der Waals surface area contributed by atoms with Gasteiger partial charge in [-0.3, -0.25) is 4.72 Å². The van der Waals surface area contributed by atoms with E-state index in [0.717, 1.165) is 5.52 Å². The van der Waals surface area contributed by atoms with Gasteiger partial charge in [-0.25, -0.2) is 12.9 Å². The number of sulfonamides is 1. The van der Waals surface area contributed by atoms with Crippen LogP contribution in [0.25, 0.3) is 5.52 Å². The Bertz CT molecular complexity index is 886. The van der Waals surface area contributed by atoms with Crippen molar-refractivity contribution in [1.82, 2.24) is 9.61 Å². The molecule has 0 fully saturated rings. The van der Waals surface area contributed by atoms with Crippen LogP contribution in [-0.4, -0.2) is 24.6 Å². The lowest BCUT2D eigenvalue weighted by Crippen LogP contribution is -2.13. The summed E-state index contributed by atoms with van der Waals surface area (Å²) in [4.78, 5) is 0.185. The van der Waals surface area contributed by atoms with Crippen molar-refractivity contribution in [2.45, 2.75) is 11.8 Å². The standard InChI is InChI=1S/C15H15N3O3S/c1-2-21-14-3-5-15(6-4-14)22(19,20)17-12-8-10-18-13(11-12)7-9-16-18/h3-11,17H,2H2,1H3. The van der Waals surface area contributed by atoms with Gasteiger partial charge < -0.3 is 4.74 Å². The van der Waals surface area contributed by atoms with Crippen molar-refractivity contribution < 1.29 is 13.2 Å². The molecule has 0 bridgehead atoms. The van der Waals surface area contributed by atoms with Crippen LogP contribution in [0.15, 0.2) is 59.8 Å². The lowest BCUT2D eigenvalue weighted by molar-refractivity contribution is 0.340. The van der Waals surface area contributed by atoms with Gasteiger partial charge in [0.1, 0.15) is 5.75 Å². The maximum Gasteiger partial charge on any atom is 0.261 e. The smallest absolute Gasteiger partial charge is 0.261 e. The van der Waals surface area contributed by atoms with Crippen LogP contribution in [0.2, 0.25) is 0 Å². The Kier molecular flexibility index (Phi) is 3.72. The first-order valence-electron chi connectivity index (χ1n) is 6.77. The van der Waals surface area contributed by atoms with Gasteiger partial charge in [-0.2, -0.15) is 5.10 Å². The first kappa shape index (κ1) is 14.4. The van der Waals surface area contributed by atoms with Gasteiger partial charge in [0.2, 0.25) is 0 Å². The van der Waals surface area contributed by atoms with E-state index in [4.69, 9.17) is 4.74 Å². The summed E-state index contributed by atoms with van der Waals surface area (Å²) in [5, 5.41) is 4.07. The second-order valence-corrected chi connectivity index (χ2v) is 6.31. The number of hydrogen-bond donors (Lipinski definition) is 1. The molecular weight excluding hydrogens is 302 g/mol. The van der Waals surface area contributed by atoms with Gasteiger partial charge >= 0.3 is 0 Å². The molecule has 0 unspecified atom stereocenters. The predicted molar refractivity (Wildman–Crippen MR) is 83.6 cm³/mol. The summed E-state index contributed by atoms with van der Waals surface area (Å²) in [5.41, 5.74) is 1.30. The largest absolute Gasteiger partial charge is 0.494 e. The highest BCUT2D eigenvalue weighted by molar-refractivity contribution is 7.92. The third kappa shape index (κ3) is 2.89. The quantitative estimate of drug-likeness (QED) is 0.785. The molecule has 0 saturated heterocycles. The molecule has 114 valence electrons. The molecular formula is C15H15N3O3S. The summed E-state index contributed by atoms with van der Waals surface area (Å²) in [6.07, 6.45) is 3.35. The van der Waals surface area contributed by atoms with Crippen LogP contribution in [0.4, 0.5) is 5.69 Å². The van der Waals surface area contributed by atoms with E-state index in [-0.39, 0.29) is 4.90 Å². The Labute approximate surface area is 128 Å². The highest BCUT2D eigenvalue weighted by Crippen LogP contribution is 2.20. The van der Waals surface area contributed by atoms with E-state index >= 15 is 0 Å². The molecule has 6 nitrogen and oxygen atoms in total. The molecule has 7 heteroatoms. The minimum atomic E-state index is -3.63. The predicted octanol–water partition coefficient (Wildman–Crippen LogP) is 2.53. The molecule has 3 rings (SSSR count). The number of benzene rings is 1. The molecule has 22 heavy (non-hydrogen) atoms. The van der Waals surface area contributed by atoms with Crippen LogP contribution in [0.3, 0.4) is 0 Å². The van der Waals surface area contributed by atoms with Crippen LogP contribution in [0, 0.1) is 0 Å². The summed E-state index contributed by atoms with van der Waals surface area (Å²) in [6.45, 7) is 2.41. The third-order valence-corrected chi connectivity index (χ3v) is 4.49.